The molecule has 0 unspecified atom stereocenters. The monoisotopic (exact) mass is 680 g/mol. The Morgan fingerprint density at radius 1 is 0.433 bits per heavy atom. The van der Waals surface area contributed by atoms with Crippen molar-refractivity contribution in [1.82, 2.24) is 0 Å². The molecule has 0 aliphatic carbocycles. The number of hydrogen-bond acceptors (Lipinski definition) is 4. The van der Waals surface area contributed by atoms with Gasteiger partial charge in [0.05, 0.1) is 0 Å². The summed E-state index contributed by atoms with van der Waals surface area (Å²) in [5, 5.41) is 0. The molecule has 0 aliphatic heterocycles. The van der Waals surface area contributed by atoms with Crippen molar-refractivity contribution in [3.8, 4) is 0 Å². The van der Waals surface area contributed by atoms with Gasteiger partial charge in [-0.2, -0.15) is 0 Å². The predicted octanol–water partition coefficient (Wildman–Crippen LogP) is 2.64. The zero-order valence-electron chi connectivity index (χ0n) is 16.0. The first-order chi connectivity index (χ1) is 14.5. The van der Waals surface area contributed by atoms with Gasteiger partial charge in [-0.25, -0.2) is 0 Å². The molecule has 0 atom stereocenters. The van der Waals surface area contributed by atoms with Crippen LogP contribution in [0.2, 0.25) is 0 Å². The van der Waals surface area contributed by atoms with Crippen molar-refractivity contribution in [2.75, 3.05) is 0 Å². The van der Waals surface area contributed by atoms with E-state index in [4.69, 9.17) is 1.74 Å². The fraction of sp³-hybridized carbons (Fsp3) is 0. The first-order valence-corrected chi connectivity index (χ1v) is 19.9. The zero-order chi connectivity index (χ0) is 21.1. The Bertz CT molecular complexity index is 1120. The van der Waals surface area contributed by atoms with Crippen LogP contribution in [0.1, 0.15) is 0 Å². The van der Waals surface area contributed by atoms with Gasteiger partial charge in [0.1, 0.15) is 0 Å². The van der Waals surface area contributed by atoms with Gasteiger partial charge in [0.15, 0.2) is 0 Å². The van der Waals surface area contributed by atoms with E-state index in [9.17, 15) is 10.4 Å². The molecule has 4 nitrogen and oxygen atoms in total. The molecule has 6 heteroatoms. The molecule has 0 N–H and O–H groups in total. The third-order valence-electron chi connectivity index (χ3n) is 5.22. The van der Waals surface area contributed by atoms with E-state index < -0.39 is 33.6 Å². The normalized spacial score (nSPS) is 13.3. The minimum absolute atomic E-state index is 0.732. The Morgan fingerprint density at radius 3 is 0.867 bits per heavy atom. The fourth-order valence-corrected chi connectivity index (χ4v) is 35.3. The summed E-state index contributed by atoms with van der Waals surface area (Å²) in [7, 11) is 0. The predicted molar refractivity (Wildman–Crippen MR) is 113 cm³/mol. The van der Waals surface area contributed by atoms with Gasteiger partial charge in [-0.15, -0.1) is 0 Å². The van der Waals surface area contributed by atoms with E-state index in [0.29, 0.717) is 0 Å². The van der Waals surface area contributed by atoms with Crippen LogP contribution in [0.25, 0.3) is 0 Å². The average Bonchev–Trinajstić information content (AvgIpc) is 2.79. The van der Waals surface area contributed by atoms with E-state index in [1.54, 1.807) is 0 Å². The van der Waals surface area contributed by atoms with Crippen molar-refractivity contribution in [2.45, 2.75) is 0 Å². The average molecular weight is 680 g/mol. The van der Waals surface area contributed by atoms with Crippen LogP contribution >= 0.6 is 0 Å². The van der Waals surface area contributed by atoms with Crippen molar-refractivity contribution >= 4 is 31.9 Å². The summed E-state index contributed by atoms with van der Waals surface area (Å²) in [6, 6.07) is 37.4. The fourth-order valence-electron chi connectivity index (χ4n) is 4.07. The molecule has 4 rings (SSSR count). The van der Waals surface area contributed by atoms with Gasteiger partial charge < -0.3 is 0 Å². The Hall–Kier alpha value is -2.28. The van der Waals surface area contributed by atoms with Gasteiger partial charge in [-0.05, 0) is 0 Å². The molecule has 0 heterocycles. The van der Waals surface area contributed by atoms with Crippen molar-refractivity contribution < 1.29 is 27.9 Å². The summed E-state index contributed by atoms with van der Waals surface area (Å²) in [5.41, 5.74) is 0. The Labute approximate surface area is 180 Å². The van der Waals surface area contributed by atoms with Crippen LogP contribution in [0, 0.1) is 0 Å². The van der Waals surface area contributed by atoms with Crippen molar-refractivity contribution in [3.63, 3.8) is 0 Å². The summed E-state index contributed by atoms with van der Waals surface area (Å²) in [4.78, 5) is 0. The van der Waals surface area contributed by atoms with Crippen molar-refractivity contribution in [2.24, 2.45) is 0 Å². The van der Waals surface area contributed by atoms with Crippen LogP contribution < -0.4 is 14.0 Å². The molecule has 0 saturated carbocycles. The quantitative estimate of drug-likeness (QED) is 0.294. The van der Waals surface area contributed by atoms with Gasteiger partial charge in [0.2, 0.25) is 0 Å². The Morgan fingerprint density at radius 2 is 0.667 bits per heavy atom. The molecule has 0 aromatic heterocycles. The molecular formula is C24H20O4ReSb. The standard InChI is InChI=1S/4C6H5.4O.Re.Sb/c4*1-2-4-6-5-3-1;;;;;;/h4*1-5H;;;;;;. The molecule has 30 heavy (non-hydrogen) atoms. The molecule has 152 valence electrons. The van der Waals surface area contributed by atoms with Crippen LogP contribution in [0.15, 0.2) is 121 Å². The topological polar surface area (TPSA) is 60.4 Å². The Kier molecular flexibility index (Phi) is 5.66. The number of hydrogen-bond donors (Lipinski definition) is 0. The second kappa shape index (κ2) is 8.10. The first kappa shape index (κ1) is 21.0. The first-order valence-electron chi connectivity index (χ1n) is 9.34. The molecule has 4 aromatic carbocycles. The van der Waals surface area contributed by atoms with Crippen LogP contribution in [0.4, 0.5) is 0 Å². The molecular weight excluding hydrogens is 660 g/mol. The second-order valence-corrected chi connectivity index (χ2v) is 25.1. The van der Waals surface area contributed by atoms with Gasteiger partial charge in [-0.1, -0.05) is 0 Å². The van der Waals surface area contributed by atoms with Crippen LogP contribution in [-0.4, -0.2) is 17.8 Å². The van der Waals surface area contributed by atoms with E-state index in [0.717, 1.165) is 14.0 Å². The van der Waals surface area contributed by atoms with E-state index in [2.05, 4.69) is 0 Å². The summed E-state index contributed by atoms with van der Waals surface area (Å²) < 4.78 is 46.6. The van der Waals surface area contributed by atoms with E-state index in [1.165, 1.54) is 0 Å². The van der Waals surface area contributed by atoms with E-state index in [-0.39, 0.29) is 0 Å². The minimum atomic E-state index is -6.50. The van der Waals surface area contributed by atoms with Crippen LogP contribution in [0.5, 0.6) is 0 Å². The third-order valence-corrected chi connectivity index (χ3v) is 31.9. The maximum atomic E-state index is 12.5. The van der Waals surface area contributed by atoms with Gasteiger partial charge in [0.25, 0.3) is 0 Å². The SMILES string of the molecule is [O]=[Re](=[O])(=[O])[O][Sb]([c]1ccccc1)([c]1ccccc1)([c]1ccccc1)[c]1ccccc1. The zero-order valence-corrected chi connectivity index (χ0v) is 21.3. The summed E-state index contributed by atoms with van der Waals surface area (Å²) in [5.74, 6) is 0. The molecule has 0 spiro atoms. The number of benzene rings is 4. The maximum absolute atomic E-state index is 12.5. The second-order valence-electron chi connectivity index (χ2n) is 6.83. The van der Waals surface area contributed by atoms with E-state index in [1.807, 2.05) is 121 Å². The summed E-state index contributed by atoms with van der Waals surface area (Å²) >= 11 is -12.0. The molecule has 0 aliphatic rings. The summed E-state index contributed by atoms with van der Waals surface area (Å²) in [6.07, 6.45) is 0. The van der Waals surface area contributed by atoms with Crippen molar-refractivity contribution in [1.29, 1.82) is 0 Å². The molecule has 0 fully saturated rings. The molecule has 0 amide bonds. The molecule has 4 aromatic rings. The molecule has 0 saturated heterocycles. The van der Waals surface area contributed by atoms with Gasteiger partial charge in [0, 0.05) is 0 Å². The molecule has 0 radical (unpaired) electrons. The van der Waals surface area contributed by atoms with Crippen LogP contribution in [-0.2, 0) is 27.9 Å². The summed E-state index contributed by atoms with van der Waals surface area (Å²) in [6.45, 7) is 0. The van der Waals surface area contributed by atoms with Crippen molar-refractivity contribution in [3.05, 3.63) is 121 Å². The van der Waals surface area contributed by atoms with Crippen LogP contribution in [0.3, 0.4) is 0 Å². The van der Waals surface area contributed by atoms with Gasteiger partial charge in [-0.3, -0.25) is 0 Å². The van der Waals surface area contributed by atoms with E-state index >= 15 is 0 Å². The third kappa shape index (κ3) is 3.33. The van der Waals surface area contributed by atoms with Gasteiger partial charge >= 0.3 is 181 Å². The molecule has 0 bridgehead atoms. The number of rotatable bonds is 6. The Balaban J connectivity index is 2.36.